The van der Waals surface area contributed by atoms with E-state index in [1.165, 1.54) is 6.42 Å². The second-order valence-electron chi connectivity index (χ2n) is 6.50. The van der Waals surface area contributed by atoms with E-state index in [0.29, 0.717) is 10.9 Å². The van der Waals surface area contributed by atoms with Crippen LogP contribution >= 0.6 is 11.6 Å². The van der Waals surface area contributed by atoms with Crippen molar-refractivity contribution in [3.05, 3.63) is 52.3 Å². The van der Waals surface area contributed by atoms with Gasteiger partial charge in [-0.1, -0.05) is 11.6 Å². The first-order chi connectivity index (χ1) is 11.6. The van der Waals surface area contributed by atoms with E-state index in [0.717, 1.165) is 48.7 Å². The van der Waals surface area contributed by atoms with Gasteiger partial charge in [0.2, 0.25) is 0 Å². The van der Waals surface area contributed by atoms with Gasteiger partial charge in [-0.3, -0.25) is 4.79 Å². The fourth-order valence-corrected chi connectivity index (χ4v) is 3.55. The number of nitrogens with one attached hydrogen (secondary N) is 2. The average Bonchev–Trinajstić information content (AvgIpc) is 3.17. The lowest BCUT2D eigenvalue weighted by Crippen LogP contribution is -2.26. The minimum atomic E-state index is 0.00858. The number of aryl methyl sites for hydroxylation is 1. The third-order valence-corrected chi connectivity index (χ3v) is 5.01. The number of carbonyl (C=O) groups excluding carboxylic acids is 1. The van der Waals surface area contributed by atoms with E-state index in [4.69, 9.17) is 11.6 Å². The van der Waals surface area contributed by atoms with Gasteiger partial charge in [0.05, 0.1) is 5.56 Å². The molecular formula is C19H24ClN3O. The molecule has 0 radical (unpaired) electrons. The molecule has 3 rings (SSSR count). The number of hydrogen-bond acceptors (Lipinski definition) is 2. The normalized spacial score (nSPS) is 17.2. The summed E-state index contributed by atoms with van der Waals surface area (Å²) in [6.45, 7) is 6.90. The van der Waals surface area contributed by atoms with Crippen molar-refractivity contribution in [1.82, 2.24) is 15.2 Å². The highest BCUT2D eigenvalue weighted by molar-refractivity contribution is 6.30. The largest absolute Gasteiger partial charge is 0.352 e. The van der Waals surface area contributed by atoms with E-state index in [1.807, 2.05) is 44.2 Å². The van der Waals surface area contributed by atoms with Crippen molar-refractivity contribution in [2.24, 2.45) is 5.92 Å². The molecule has 0 aliphatic carbocycles. The Bertz CT molecular complexity index is 715. The van der Waals surface area contributed by atoms with Gasteiger partial charge >= 0.3 is 0 Å². The molecule has 1 aliphatic heterocycles. The first-order valence-corrected chi connectivity index (χ1v) is 8.88. The lowest BCUT2D eigenvalue weighted by molar-refractivity contribution is 0.0951. The van der Waals surface area contributed by atoms with Gasteiger partial charge in [-0.15, -0.1) is 0 Å². The van der Waals surface area contributed by atoms with Gasteiger partial charge in [-0.2, -0.15) is 0 Å². The SMILES string of the molecule is Cc1cc(C(=O)NCCC2CCNC2)c(C)n1-c1ccc(Cl)cc1. The van der Waals surface area contributed by atoms with Crippen LogP contribution < -0.4 is 10.6 Å². The number of halogens is 1. The van der Waals surface area contributed by atoms with Gasteiger partial charge in [0, 0.05) is 28.6 Å². The average molecular weight is 346 g/mol. The van der Waals surface area contributed by atoms with Gasteiger partial charge in [0.25, 0.3) is 5.91 Å². The monoisotopic (exact) mass is 345 g/mol. The highest BCUT2D eigenvalue weighted by atomic mass is 35.5. The van der Waals surface area contributed by atoms with Gasteiger partial charge in [-0.25, -0.2) is 0 Å². The van der Waals surface area contributed by atoms with Crippen LogP contribution in [0.4, 0.5) is 0 Å². The number of hydrogen-bond donors (Lipinski definition) is 2. The summed E-state index contributed by atoms with van der Waals surface area (Å²) in [4.78, 5) is 12.5. The zero-order chi connectivity index (χ0) is 17.1. The second-order valence-corrected chi connectivity index (χ2v) is 6.94. The van der Waals surface area contributed by atoms with Crippen LogP contribution in [0, 0.1) is 19.8 Å². The molecule has 128 valence electrons. The highest BCUT2D eigenvalue weighted by Crippen LogP contribution is 2.22. The van der Waals surface area contributed by atoms with E-state index in [-0.39, 0.29) is 5.91 Å². The number of rotatable bonds is 5. The predicted octanol–water partition coefficient (Wildman–Crippen LogP) is 3.48. The molecule has 1 saturated heterocycles. The fourth-order valence-electron chi connectivity index (χ4n) is 3.43. The third kappa shape index (κ3) is 3.65. The molecule has 1 aromatic carbocycles. The fraction of sp³-hybridized carbons (Fsp3) is 0.421. The summed E-state index contributed by atoms with van der Waals surface area (Å²) >= 11 is 5.97. The number of aromatic nitrogens is 1. The van der Waals surface area contributed by atoms with Crippen LogP contribution in [0.5, 0.6) is 0 Å². The van der Waals surface area contributed by atoms with Crippen LogP contribution in [0.15, 0.2) is 30.3 Å². The Morgan fingerprint density at radius 3 is 2.75 bits per heavy atom. The Balaban J connectivity index is 1.70. The minimum absolute atomic E-state index is 0.00858. The summed E-state index contributed by atoms with van der Waals surface area (Å²) in [6.07, 6.45) is 2.25. The van der Waals surface area contributed by atoms with Crippen LogP contribution in [0.2, 0.25) is 5.02 Å². The summed E-state index contributed by atoms with van der Waals surface area (Å²) in [5.74, 6) is 0.695. The third-order valence-electron chi connectivity index (χ3n) is 4.76. The molecule has 0 saturated carbocycles. The Morgan fingerprint density at radius 2 is 2.08 bits per heavy atom. The van der Waals surface area contributed by atoms with Crippen molar-refractivity contribution in [2.75, 3.05) is 19.6 Å². The van der Waals surface area contributed by atoms with E-state index < -0.39 is 0 Å². The molecule has 1 amide bonds. The summed E-state index contributed by atoms with van der Waals surface area (Å²) < 4.78 is 2.09. The molecule has 2 N–H and O–H groups in total. The second kappa shape index (κ2) is 7.41. The minimum Gasteiger partial charge on any atom is -0.352 e. The van der Waals surface area contributed by atoms with Crippen molar-refractivity contribution in [1.29, 1.82) is 0 Å². The van der Waals surface area contributed by atoms with Crippen molar-refractivity contribution < 1.29 is 4.79 Å². The van der Waals surface area contributed by atoms with E-state index in [1.54, 1.807) is 0 Å². The van der Waals surface area contributed by atoms with Gasteiger partial charge < -0.3 is 15.2 Å². The lowest BCUT2D eigenvalue weighted by Gasteiger charge is -2.11. The summed E-state index contributed by atoms with van der Waals surface area (Å²) in [6, 6.07) is 9.63. The van der Waals surface area contributed by atoms with Crippen LogP contribution in [0.25, 0.3) is 5.69 Å². The maximum atomic E-state index is 12.5. The van der Waals surface area contributed by atoms with Crippen molar-refractivity contribution in [3.63, 3.8) is 0 Å². The van der Waals surface area contributed by atoms with Crippen LogP contribution in [0.3, 0.4) is 0 Å². The summed E-state index contributed by atoms with van der Waals surface area (Å²) in [5, 5.41) is 7.13. The molecule has 0 bridgehead atoms. The summed E-state index contributed by atoms with van der Waals surface area (Å²) in [5.41, 5.74) is 3.76. The summed E-state index contributed by atoms with van der Waals surface area (Å²) in [7, 11) is 0. The lowest BCUT2D eigenvalue weighted by atomic mass is 10.1. The number of carbonyl (C=O) groups is 1. The maximum absolute atomic E-state index is 12.5. The Kier molecular flexibility index (Phi) is 5.27. The van der Waals surface area contributed by atoms with Crippen LogP contribution in [0.1, 0.15) is 34.6 Å². The molecule has 0 spiro atoms. The molecule has 24 heavy (non-hydrogen) atoms. The Hall–Kier alpha value is -1.78. The quantitative estimate of drug-likeness (QED) is 0.871. The Morgan fingerprint density at radius 1 is 1.33 bits per heavy atom. The van der Waals surface area contributed by atoms with E-state index >= 15 is 0 Å². The van der Waals surface area contributed by atoms with E-state index in [2.05, 4.69) is 15.2 Å². The Labute approximate surface area is 148 Å². The van der Waals surface area contributed by atoms with Crippen molar-refractivity contribution in [2.45, 2.75) is 26.7 Å². The van der Waals surface area contributed by atoms with Crippen molar-refractivity contribution >= 4 is 17.5 Å². The zero-order valence-electron chi connectivity index (χ0n) is 14.2. The molecule has 2 heterocycles. The van der Waals surface area contributed by atoms with Crippen LogP contribution in [-0.4, -0.2) is 30.1 Å². The van der Waals surface area contributed by atoms with Crippen molar-refractivity contribution in [3.8, 4) is 5.69 Å². The molecule has 5 heteroatoms. The highest BCUT2D eigenvalue weighted by Gasteiger charge is 2.18. The molecule has 1 fully saturated rings. The molecule has 1 unspecified atom stereocenters. The predicted molar refractivity (Wildman–Crippen MR) is 98.2 cm³/mol. The first-order valence-electron chi connectivity index (χ1n) is 8.50. The first kappa shape index (κ1) is 17.1. The molecule has 1 atom stereocenters. The zero-order valence-corrected chi connectivity index (χ0v) is 15.0. The molecule has 4 nitrogen and oxygen atoms in total. The molecule has 1 aromatic heterocycles. The van der Waals surface area contributed by atoms with Crippen LogP contribution in [-0.2, 0) is 0 Å². The molecule has 1 aliphatic rings. The number of benzene rings is 1. The van der Waals surface area contributed by atoms with E-state index in [9.17, 15) is 4.79 Å². The topological polar surface area (TPSA) is 46.1 Å². The van der Waals surface area contributed by atoms with Gasteiger partial charge in [0.1, 0.15) is 0 Å². The molecular weight excluding hydrogens is 322 g/mol. The maximum Gasteiger partial charge on any atom is 0.253 e. The number of nitrogens with zero attached hydrogens (tertiary/aromatic N) is 1. The van der Waals surface area contributed by atoms with Gasteiger partial charge in [0.15, 0.2) is 0 Å². The standard InChI is InChI=1S/C19H24ClN3O/c1-13-11-18(19(24)22-10-8-15-7-9-21-12-15)14(2)23(13)17-5-3-16(20)4-6-17/h3-6,11,15,21H,7-10,12H2,1-2H3,(H,22,24). The van der Waals surface area contributed by atoms with Gasteiger partial charge in [-0.05, 0) is 76.0 Å². The molecule has 2 aromatic rings. The smallest absolute Gasteiger partial charge is 0.253 e. The number of amides is 1.